The van der Waals surface area contributed by atoms with Crippen LogP contribution in [0.4, 0.5) is 5.95 Å². The first kappa shape index (κ1) is 15.2. The molecular formula is C16H28N4. The second-order valence-electron chi connectivity index (χ2n) is 5.77. The van der Waals surface area contributed by atoms with Gasteiger partial charge in [-0.25, -0.2) is 9.97 Å². The van der Waals surface area contributed by atoms with Crippen molar-refractivity contribution in [3.63, 3.8) is 0 Å². The Balaban J connectivity index is 1.89. The molecule has 4 nitrogen and oxygen atoms in total. The van der Waals surface area contributed by atoms with E-state index in [1.54, 1.807) is 0 Å². The molecule has 1 N–H and O–H groups in total. The van der Waals surface area contributed by atoms with Crippen LogP contribution in [0.2, 0.25) is 0 Å². The number of nitrogens with zero attached hydrogens (tertiary/aromatic N) is 3. The third-order valence-electron chi connectivity index (χ3n) is 4.00. The number of rotatable bonds is 7. The third kappa shape index (κ3) is 4.44. The Morgan fingerprint density at radius 1 is 1.25 bits per heavy atom. The van der Waals surface area contributed by atoms with Crippen LogP contribution in [0.3, 0.4) is 0 Å². The molecule has 0 radical (unpaired) electrons. The van der Waals surface area contributed by atoms with Gasteiger partial charge in [-0.2, -0.15) is 0 Å². The zero-order valence-corrected chi connectivity index (χ0v) is 12.9. The van der Waals surface area contributed by atoms with E-state index in [0.29, 0.717) is 12.1 Å². The van der Waals surface area contributed by atoms with Gasteiger partial charge in [-0.3, -0.25) is 0 Å². The molecular weight excluding hydrogens is 248 g/mol. The van der Waals surface area contributed by atoms with Crippen LogP contribution < -0.4 is 10.2 Å². The van der Waals surface area contributed by atoms with Gasteiger partial charge in [0.25, 0.3) is 0 Å². The van der Waals surface area contributed by atoms with Crippen LogP contribution in [0.1, 0.15) is 52.4 Å². The summed E-state index contributed by atoms with van der Waals surface area (Å²) < 4.78 is 0. The van der Waals surface area contributed by atoms with Gasteiger partial charge in [0.05, 0.1) is 0 Å². The molecule has 1 atom stereocenters. The van der Waals surface area contributed by atoms with E-state index in [9.17, 15) is 0 Å². The van der Waals surface area contributed by atoms with Crippen molar-refractivity contribution in [3.8, 4) is 0 Å². The van der Waals surface area contributed by atoms with Crippen molar-refractivity contribution in [3.05, 3.63) is 18.5 Å². The first-order chi connectivity index (χ1) is 9.83. The molecule has 1 saturated heterocycles. The van der Waals surface area contributed by atoms with E-state index in [1.165, 1.54) is 38.5 Å². The Labute approximate surface area is 123 Å². The number of anilines is 1. The molecule has 1 aliphatic heterocycles. The van der Waals surface area contributed by atoms with E-state index < -0.39 is 0 Å². The predicted octanol–water partition coefficient (Wildman–Crippen LogP) is 3.00. The van der Waals surface area contributed by atoms with Crippen molar-refractivity contribution in [2.24, 2.45) is 0 Å². The highest BCUT2D eigenvalue weighted by Gasteiger charge is 2.23. The summed E-state index contributed by atoms with van der Waals surface area (Å²) in [5.74, 6) is 0.876. The van der Waals surface area contributed by atoms with Crippen molar-refractivity contribution in [1.82, 2.24) is 15.3 Å². The van der Waals surface area contributed by atoms with Crippen LogP contribution in [0.25, 0.3) is 0 Å². The van der Waals surface area contributed by atoms with Gasteiger partial charge in [-0.15, -0.1) is 0 Å². The Morgan fingerprint density at radius 2 is 1.95 bits per heavy atom. The summed E-state index contributed by atoms with van der Waals surface area (Å²) in [5.41, 5.74) is 0. The highest BCUT2D eigenvalue weighted by atomic mass is 15.3. The fourth-order valence-electron chi connectivity index (χ4n) is 3.09. The lowest BCUT2D eigenvalue weighted by atomic mass is 10.0. The second-order valence-corrected chi connectivity index (χ2v) is 5.77. The summed E-state index contributed by atoms with van der Waals surface area (Å²) >= 11 is 0. The average molecular weight is 276 g/mol. The maximum Gasteiger partial charge on any atom is 0.225 e. The van der Waals surface area contributed by atoms with Gasteiger partial charge in [0.15, 0.2) is 0 Å². The summed E-state index contributed by atoms with van der Waals surface area (Å²) in [5, 5.41) is 3.86. The van der Waals surface area contributed by atoms with E-state index in [1.807, 2.05) is 18.5 Å². The van der Waals surface area contributed by atoms with Crippen LogP contribution in [-0.2, 0) is 0 Å². The maximum atomic E-state index is 4.38. The number of nitrogens with one attached hydrogen (secondary N) is 1. The minimum absolute atomic E-state index is 0.579. The Morgan fingerprint density at radius 3 is 2.60 bits per heavy atom. The molecule has 0 bridgehead atoms. The number of hydrogen-bond donors (Lipinski definition) is 1. The molecule has 1 aromatic heterocycles. The first-order valence-electron chi connectivity index (χ1n) is 8.11. The molecule has 0 aromatic carbocycles. The Bertz CT molecular complexity index is 362. The van der Waals surface area contributed by atoms with Crippen molar-refractivity contribution in [2.45, 2.75) is 64.5 Å². The third-order valence-corrected chi connectivity index (χ3v) is 4.00. The highest BCUT2D eigenvalue weighted by molar-refractivity contribution is 5.29. The molecule has 0 spiro atoms. The lowest BCUT2D eigenvalue weighted by Gasteiger charge is -2.35. The predicted molar refractivity (Wildman–Crippen MR) is 84.0 cm³/mol. The van der Waals surface area contributed by atoms with Crippen LogP contribution in [0.5, 0.6) is 0 Å². The molecule has 112 valence electrons. The zero-order chi connectivity index (χ0) is 14.2. The van der Waals surface area contributed by atoms with E-state index >= 15 is 0 Å². The molecule has 0 saturated carbocycles. The molecule has 20 heavy (non-hydrogen) atoms. The molecule has 2 rings (SSSR count). The van der Waals surface area contributed by atoms with Gasteiger partial charge < -0.3 is 10.2 Å². The molecule has 1 fully saturated rings. The lowest BCUT2D eigenvalue weighted by Crippen LogP contribution is -2.49. The maximum absolute atomic E-state index is 4.38. The van der Waals surface area contributed by atoms with Crippen molar-refractivity contribution >= 4 is 5.95 Å². The van der Waals surface area contributed by atoms with E-state index in [-0.39, 0.29) is 0 Å². The fourth-order valence-corrected chi connectivity index (χ4v) is 3.09. The average Bonchev–Trinajstić information content (AvgIpc) is 2.49. The van der Waals surface area contributed by atoms with Gasteiger partial charge in [0, 0.05) is 37.6 Å². The standard InChI is InChI=1S/C16H28N4/c1-3-7-14(8-4-2)19-15-9-5-12-20(13-15)16-17-10-6-11-18-16/h6,10-11,14-15,19H,3-5,7-9,12-13H2,1-2H3. The summed E-state index contributed by atoms with van der Waals surface area (Å²) in [6.07, 6.45) is 11.2. The Kier molecular flexibility index (Phi) is 6.25. The van der Waals surface area contributed by atoms with Gasteiger partial charge in [0.2, 0.25) is 5.95 Å². The summed E-state index contributed by atoms with van der Waals surface area (Å²) in [7, 11) is 0. The van der Waals surface area contributed by atoms with Crippen molar-refractivity contribution < 1.29 is 0 Å². The van der Waals surface area contributed by atoms with Crippen LogP contribution in [0.15, 0.2) is 18.5 Å². The normalized spacial score (nSPS) is 19.6. The summed E-state index contributed by atoms with van der Waals surface area (Å²) in [4.78, 5) is 11.1. The SMILES string of the molecule is CCCC(CCC)NC1CCCN(c2ncccn2)C1. The van der Waals surface area contributed by atoms with Gasteiger partial charge in [-0.1, -0.05) is 26.7 Å². The van der Waals surface area contributed by atoms with Gasteiger partial charge in [0.1, 0.15) is 0 Å². The molecule has 0 amide bonds. The molecule has 2 heterocycles. The van der Waals surface area contributed by atoms with Gasteiger partial charge in [-0.05, 0) is 31.7 Å². The quantitative estimate of drug-likeness (QED) is 0.831. The number of piperidine rings is 1. The van der Waals surface area contributed by atoms with Crippen LogP contribution in [0, 0.1) is 0 Å². The Hall–Kier alpha value is -1.16. The largest absolute Gasteiger partial charge is 0.339 e. The van der Waals surface area contributed by atoms with E-state index in [4.69, 9.17) is 0 Å². The van der Waals surface area contributed by atoms with Crippen LogP contribution in [-0.4, -0.2) is 35.1 Å². The highest BCUT2D eigenvalue weighted by Crippen LogP contribution is 2.17. The van der Waals surface area contributed by atoms with Crippen molar-refractivity contribution in [1.29, 1.82) is 0 Å². The first-order valence-corrected chi connectivity index (χ1v) is 8.11. The number of aromatic nitrogens is 2. The monoisotopic (exact) mass is 276 g/mol. The van der Waals surface area contributed by atoms with Crippen LogP contribution >= 0.6 is 0 Å². The molecule has 1 unspecified atom stereocenters. The molecule has 1 aliphatic rings. The zero-order valence-electron chi connectivity index (χ0n) is 12.9. The summed E-state index contributed by atoms with van der Waals surface area (Å²) in [6, 6.07) is 3.13. The molecule has 1 aromatic rings. The van der Waals surface area contributed by atoms with Gasteiger partial charge >= 0.3 is 0 Å². The molecule has 4 heteroatoms. The molecule has 0 aliphatic carbocycles. The second kappa shape index (κ2) is 8.20. The minimum atomic E-state index is 0.579. The van der Waals surface area contributed by atoms with Crippen molar-refractivity contribution in [2.75, 3.05) is 18.0 Å². The number of hydrogen-bond acceptors (Lipinski definition) is 4. The van der Waals surface area contributed by atoms with E-state index in [0.717, 1.165) is 19.0 Å². The van der Waals surface area contributed by atoms with E-state index in [2.05, 4.69) is 34.0 Å². The minimum Gasteiger partial charge on any atom is -0.339 e. The smallest absolute Gasteiger partial charge is 0.225 e. The summed E-state index contributed by atoms with van der Waals surface area (Å²) in [6.45, 7) is 6.66. The fraction of sp³-hybridized carbons (Fsp3) is 0.750. The lowest BCUT2D eigenvalue weighted by molar-refractivity contribution is 0.344. The topological polar surface area (TPSA) is 41.0 Å².